The molecular weight excluding hydrogens is 242 g/mol. The first-order valence-electron chi connectivity index (χ1n) is 6.32. The van der Waals surface area contributed by atoms with Gasteiger partial charge in [0.05, 0.1) is 6.04 Å². The van der Waals surface area contributed by atoms with Gasteiger partial charge in [-0.3, -0.25) is 4.99 Å². The molecule has 0 aliphatic carbocycles. The molecule has 2 unspecified atom stereocenters. The average molecular weight is 263 g/mol. The van der Waals surface area contributed by atoms with Crippen molar-refractivity contribution in [1.29, 1.82) is 0 Å². The van der Waals surface area contributed by atoms with Crippen LogP contribution in [0.2, 0.25) is 0 Å². The highest BCUT2D eigenvalue weighted by atomic mass is 32.2. The number of hydrogen-bond donors (Lipinski definition) is 1. The summed E-state index contributed by atoms with van der Waals surface area (Å²) in [4.78, 5) is 6.94. The first-order valence-corrected chi connectivity index (χ1v) is 7.30. The van der Waals surface area contributed by atoms with Crippen LogP contribution in [0.4, 0.5) is 0 Å². The van der Waals surface area contributed by atoms with E-state index in [-0.39, 0.29) is 0 Å². The lowest BCUT2D eigenvalue weighted by Crippen LogP contribution is -2.37. The number of rotatable bonds is 4. The SMILES string of the molecule is CC(CN(C)C)NC1=NC(c2ccccc2)CS1. The van der Waals surface area contributed by atoms with Crippen LogP contribution in [-0.4, -0.2) is 42.5 Å². The fraction of sp³-hybridized carbons (Fsp3) is 0.500. The van der Waals surface area contributed by atoms with Gasteiger partial charge in [0, 0.05) is 18.3 Å². The first-order chi connectivity index (χ1) is 8.65. The molecule has 0 fully saturated rings. The summed E-state index contributed by atoms with van der Waals surface area (Å²) in [6, 6.07) is 11.3. The minimum Gasteiger partial charge on any atom is -0.361 e. The highest BCUT2D eigenvalue weighted by Crippen LogP contribution is 2.29. The molecule has 1 aliphatic rings. The van der Waals surface area contributed by atoms with E-state index < -0.39 is 0 Å². The Hall–Kier alpha value is -1.00. The largest absolute Gasteiger partial charge is 0.361 e. The van der Waals surface area contributed by atoms with Crippen LogP contribution in [-0.2, 0) is 0 Å². The van der Waals surface area contributed by atoms with Crippen molar-refractivity contribution in [3.05, 3.63) is 35.9 Å². The van der Waals surface area contributed by atoms with E-state index in [0.29, 0.717) is 12.1 Å². The van der Waals surface area contributed by atoms with Gasteiger partial charge >= 0.3 is 0 Å². The van der Waals surface area contributed by atoms with Crippen LogP contribution in [0.15, 0.2) is 35.3 Å². The van der Waals surface area contributed by atoms with Gasteiger partial charge in [0.15, 0.2) is 5.17 Å². The van der Waals surface area contributed by atoms with Gasteiger partial charge in [0.25, 0.3) is 0 Å². The van der Waals surface area contributed by atoms with Gasteiger partial charge in [-0.25, -0.2) is 0 Å². The Balaban J connectivity index is 1.92. The molecule has 0 saturated heterocycles. The lowest BCUT2D eigenvalue weighted by atomic mass is 10.1. The summed E-state index contributed by atoms with van der Waals surface area (Å²) in [5.74, 6) is 1.04. The highest BCUT2D eigenvalue weighted by molar-refractivity contribution is 8.14. The van der Waals surface area contributed by atoms with Crippen LogP contribution in [0.1, 0.15) is 18.5 Å². The number of thioether (sulfide) groups is 1. The van der Waals surface area contributed by atoms with Crippen molar-refractivity contribution in [2.75, 3.05) is 26.4 Å². The third-order valence-electron chi connectivity index (χ3n) is 2.84. The second-order valence-corrected chi connectivity index (χ2v) is 5.99. The van der Waals surface area contributed by atoms with Crippen molar-refractivity contribution in [3.63, 3.8) is 0 Å². The molecule has 1 aromatic rings. The maximum absolute atomic E-state index is 4.76. The van der Waals surface area contributed by atoms with Crippen molar-refractivity contribution in [2.24, 2.45) is 4.99 Å². The summed E-state index contributed by atoms with van der Waals surface area (Å²) in [6.45, 7) is 3.22. The van der Waals surface area contributed by atoms with Gasteiger partial charge in [0.2, 0.25) is 0 Å². The highest BCUT2D eigenvalue weighted by Gasteiger charge is 2.20. The maximum atomic E-state index is 4.76. The fourth-order valence-corrected chi connectivity index (χ4v) is 3.17. The average Bonchev–Trinajstić information content (AvgIpc) is 2.77. The number of hydrogen-bond acceptors (Lipinski definition) is 4. The molecule has 4 heteroatoms. The van der Waals surface area contributed by atoms with Gasteiger partial charge in [0.1, 0.15) is 0 Å². The summed E-state index contributed by atoms with van der Waals surface area (Å²) >= 11 is 1.82. The van der Waals surface area contributed by atoms with E-state index in [1.165, 1.54) is 5.56 Å². The van der Waals surface area contributed by atoms with E-state index in [2.05, 4.69) is 55.5 Å². The standard InChI is InChI=1S/C14H21N3S/c1-11(9-17(2)3)15-14-16-13(10-18-14)12-7-5-4-6-8-12/h4-8,11,13H,9-10H2,1-3H3,(H,15,16). The van der Waals surface area contributed by atoms with Crippen molar-refractivity contribution in [1.82, 2.24) is 10.2 Å². The smallest absolute Gasteiger partial charge is 0.157 e. The van der Waals surface area contributed by atoms with Crippen molar-refractivity contribution < 1.29 is 0 Å². The molecule has 18 heavy (non-hydrogen) atoms. The van der Waals surface area contributed by atoms with E-state index in [0.717, 1.165) is 17.5 Å². The van der Waals surface area contributed by atoms with Gasteiger partial charge in [-0.2, -0.15) is 0 Å². The molecule has 0 aromatic heterocycles. The number of aliphatic imine (C=N–C) groups is 1. The van der Waals surface area contributed by atoms with Gasteiger partial charge < -0.3 is 10.2 Å². The molecule has 2 rings (SSSR count). The Kier molecular flexibility index (Phi) is 4.66. The number of nitrogens with zero attached hydrogens (tertiary/aromatic N) is 2. The van der Waals surface area contributed by atoms with Crippen LogP contribution in [0, 0.1) is 0 Å². The Morgan fingerprint density at radius 3 is 2.78 bits per heavy atom. The van der Waals surface area contributed by atoms with Crippen LogP contribution in [0.3, 0.4) is 0 Å². The van der Waals surface area contributed by atoms with Crippen LogP contribution in [0.25, 0.3) is 0 Å². The Bertz CT molecular complexity index is 403. The zero-order chi connectivity index (χ0) is 13.0. The molecule has 0 saturated carbocycles. The molecule has 1 heterocycles. The molecule has 2 atom stereocenters. The molecule has 3 nitrogen and oxygen atoms in total. The number of benzene rings is 1. The van der Waals surface area contributed by atoms with E-state index in [1.54, 1.807) is 0 Å². The van der Waals surface area contributed by atoms with Crippen LogP contribution < -0.4 is 5.32 Å². The predicted molar refractivity (Wildman–Crippen MR) is 80.2 cm³/mol. The molecule has 0 radical (unpaired) electrons. The monoisotopic (exact) mass is 263 g/mol. The van der Waals surface area contributed by atoms with Crippen molar-refractivity contribution >= 4 is 16.9 Å². The molecule has 0 bridgehead atoms. The van der Waals surface area contributed by atoms with Crippen molar-refractivity contribution in [3.8, 4) is 0 Å². The second-order valence-electron chi connectivity index (χ2n) is 4.98. The Morgan fingerprint density at radius 1 is 1.39 bits per heavy atom. The summed E-state index contributed by atoms with van der Waals surface area (Å²) < 4.78 is 0. The topological polar surface area (TPSA) is 27.6 Å². The first kappa shape index (κ1) is 13.4. The summed E-state index contributed by atoms with van der Waals surface area (Å²) in [5, 5.41) is 4.56. The van der Waals surface area contributed by atoms with Gasteiger partial charge in [-0.1, -0.05) is 42.1 Å². The van der Waals surface area contributed by atoms with E-state index >= 15 is 0 Å². The molecule has 0 amide bonds. The van der Waals surface area contributed by atoms with Gasteiger partial charge in [-0.05, 0) is 26.6 Å². The van der Waals surface area contributed by atoms with E-state index in [9.17, 15) is 0 Å². The molecule has 1 aromatic carbocycles. The third kappa shape index (κ3) is 3.75. The van der Waals surface area contributed by atoms with E-state index in [4.69, 9.17) is 4.99 Å². The number of amidine groups is 1. The Morgan fingerprint density at radius 2 is 2.11 bits per heavy atom. The van der Waals surface area contributed by atoms with E-state index in [1.807, 2.05) is 17.8 Å². The molecule has 1 N–H and O–H groups in total. The Labute approximate surface area is 114 Å². The quantitative estimate of drug-likeness (QED) is 0.904. The lowest BCUT2D eigenvalue weighted by Gasteiger charge is -2.18. The predicted octanol–water partition coefficient (Wildman–Crippen LogP) is 2.37. The normalized spacial score (nSPS) is 20.9. The molecular formula is C14H21N3S. The minimum absolute atomic E-state index is 0.310. The molecule has 0 spiro atoms. The summed E-state index contributed by atoms with van der Waals surface area (Å²) in [7, 11) is 4.18. The fourth-order valence-electron chi connectivity index (χ4n) is 2.10. The van der Waals surface area contributed by atoms with Gasteiger partial charge in [-0.15, -0.1) is 0 Å². The second kappa shape index (κ2) is 6.25. The maximum Gasteiger partial charge on any atom is 0.157 e. The number of nitrogens with one attached hydrogen (secondary N) is 1. The zero-order valence-electron chi connectivity index (χ0n) is 11.3. The van der Waals surface area contributed by atoms with Crippen molar-refractivity contribution in [2.45, 2.75) is 19.0 Å². The summed E-state index contributed by atoms with van der Waals surface area (Å²) in [5.41, 5.74) is 1.31. The lowest BCUT2D eigenvalue weighted by molar-refractivity contribution is 0.370. The minimum atomic E-state index is 0.310. The summed E-state index contributed by atoms with van der Waals surface area (Å²) in [6.07, 6.45) is 0. The number of likely N-dealkylation sites (N-methyl/N-ethyl adjacent to an activating group) is 1. The third-order valence-corrected chi connectivity index (χ3v) is 3.82. The van der Waals surface area contributed by atoms with Crippen LogP contribution in [0.5, 0.6) is 0 Å². The van der Waals surface area contributed by atoms with Crippen LogP contribution >= 0.6 is 11.8 Å². The molecule has 98 valence electrons. The molecule has 1 aliphatic heterocycles. The zero-order valence-corrected chi connectivity index (χ0v) is 12.1.